The van der Waals surface area contributed by atoms with E-state index in [2.05, 4.69) is 42.3 Å². The Morgan fingerprint density at radius 2 is 1.79 bits per heavy atom. The van der Waals surface area contributed by atoms with Crippen LogP contribution in [0.5, 0.6) is 11.5 Å². The lowest BCUT2D eigenvalue weighted by atomic mass is 9.56. The highest BCUT2D eigenvalue weighted by Gasteiger charge is 2.50. The largest absolute Gasteiger partial charge is 0.493 e. The molecule has 0 saturated heterocycles. The van der Waals surface area contributed by atoms with Gasteiger partial charge in [0.25, 0.3) is 0 Å². The highest BCUT2D eigenvalue weighted by molar-refractivity contribution is 14.0. The van der Waals surface area contributed by atoms with Crippen molar-refractivity contribution in [2.75, 3.05) is 27.8 Å². The molecular formula is C23H27IN2O2. The van der Waals surface area contributed by atoms with E-state index in [1.54, 1.807) is 14.2 Å². The van der Waals surface area contributed by atoms with Crippen LogP contribution in [0.3, 0.4) is 0 Å². The zero-order valence-corrected chi connectivity index (χ0v) is 19.0. The number of methoxy groups -OCH3 is 2. The molecule has 1 saturated carbocycles. The number of benzene rings is 2. The topological polar surface area (TPSA) is 45.5 Å². The summed E-state index contributed by atoms with van der Waals surface area (Å²) < 4.78 is 11.1. The third-order valence-corrected chi connectivity index (χ3v) is 6.47. The van der Waals surface area contributed by atoms with Gasteiger partial charge in [0.1, 0.15) is 0 Å². The van der Waals surface area contributed by atoms with Crippen molar-refractivity contribution in [1.29, 1.82) is 5.26 Å². The standard InChI is InChI=1S/C23H26N2O2.HI/c1-25-12-9-16-13-20(26-2)21(27-3)14-18(16)22(25)23(10-6-11-23)19-8-5-4-7-17(19)15-24;/h4-5,7-8,13-14,22H,6,9-12H2,1-3H3;1H. The lowest BCUT2D eigenvalue weighted by Gasteiger charge is -2.54. The number of nitriles is 1. The van der Waals surface area contributed by atoms with Crippen LogP contribution in [-0.2, 0) is 11.8 Å². The summed E-state index contributed by atoms with van der Waals surface area (Å²) in [5.74, 6) is 1.57. The lowest BCUT2D eigenvalue weighted by molar-refractivity contribution is 0.0712. The van der Waals surface area contributed by atoms with Crippen molar-refractivity contribution < 1.29 is 9.47 Å². The highest BCUT2D eigenvalue weighted by Crippen LogP contribution is 2.57. The van der Waals surface area contributed by atoms with Gasteiger partial charge in [-0.15, -0.1) is 24.0 Å². The van der Waals surface area contributed by atoms with Gasteiger partial charge in [0.15, 0.2) is 11.5 Å². The maximum absolute atomic E-state index is 9.71. The number of rotatable bonds is 4. The molecule has 4 rings (SSSR count). The number of likely N-dealkylation sites (N-methyl/N-ethyl adjacent to an activating group) is 1. The first-order valence-corrected chi connectivity index (χ1v) is 9.59. The maximum Gasteiger partial charge on any atom is 0.161 e. The molecule has 148 valence electrons. The Bertz CT molecular complexity index is 902. The Balaban J connectivity index is 0.00000225. The molecule has 28 heavy (non-hydrogen) atoms. The van der Waals surface area contributed by atoms with E-state index >= 15 is 0 Å². The molecule has 2 aromatic carbocycles. The molecule has 1 fully saturated rings. The number of halogens is 1. The highest BCUT2D eigenvalue weighted by atomic mass is 127. The van der Waals surface area contributed by atoms with Gasteiger partial charge in [0.05, 0.1) is 25.9 Å². The van der Waals surface area contributed by atoms with Crippen molar-refractivity contribution in [3.63, 3.8) is 0 Å². The SMILES string of the molecule is COc1cc2c(cc1OC)C(C1(c3ccccc3C#N)CCC1)N(C)CC2.I. The third-order valence-electron chi connectivity index (χ3n) is 6.47. The molecule has 0 amide bonds. The first-order chi connectivity index (χ1) is 13.1. The van der Waals surface area contributed by atoms with Crippen LogP contribution in [0, 0.1) is 11.3 Å². The molecule has 1 unspecified atom stereocenters. The van der Waals surface area contributed by atoms with Crippen molar-refractivity contribution in [1.82, 2.24) is 4.90 Å². The minimum absolute atomic E-state index is 0. The van der Waals surface area contributed by atoms with Gasteiger partial charge in [-0.05, 0) is 61.2 Å². The summed E-state index contributed by atoms with van der Waals surface area (Å²) in [6.45, 7) is 1.00. The zero-order chi connectivity index (χ0) is 19.0. The molecule has 2 aromatic rings. The fourth-order valence-electron chi connectivity index (χ4n) is 5.05. The van der Waals surface area contributed by atoms with Gasteiger partial charge in [-0.25, -0.2) is 0 Å². The van der Waals surface area contributed by atoms with Gasteiger partial charge in [0, 0.05) is 18.0 Å². The molecule has 2 aliphatic rings. The second kappa shape index (κ2) is 8.30. The fraction of sp³-hybridized carbons (Fsp3) is 0.435. The van der Waals surface area contributed by atoms with Gasteiger partial charge in [-0.1, -0.05) is 24.6 Å². The first-order valence-electron chi connectivity index (χ1n) is 9.59. The smallest absolute Gasteiger partial charge is 0.161 e. The number of ether oxygens (including phenoxy) is 2. The molecule has 1 atom stereocenters. The van der Waals surface area contributed by atoms with Crippen LogP contribution in [0.1, 0.15) is 47.6 Å². The second-order valence-electron chi connectivity index (χ2n) is 7.71. The van der Waals surface area contributed by atoms with Crippen LogP contribution in [0.2, 0.25) is 0 Å². The Labute approximate surface area is 184 Å². The van der Waals surface area contributed by atoms with Crippen molar-refractivity contribution in [2.24, 2.45) is 0 Å². The minimum Gasteiger partial charge on any atom is -0.493 e. The lowest BCUT2D eigenvalue weighted by Crippen LogP contribution is -2.50. The molecular weight excluding hydrogens is 463 g/mol. The van der Waals surface area contributed by atoms with Crippen molar-refractivity contribution in [3.8, 4) is 17.6 Å². The molecule has 0 bridgehead atoms. The average Bonchev–Trinajstić information content (AvgIpc) is 2.68. The molecule has 0 spiro atoms. The Morgan fingerprint density at radius 3 is 2.39 bits per heavy atom. The van der Waals surface area contributed by atoms with Crippen molar-refractivity contribution in [2.45, 2.75) is 37.1 Å². The van der Waals surface area contributed by atoms with Gasteiger partial charge < -0.3 is 9.47 Å². The monoisotopic (exact) mass is 490 g/mol. The van der Waals surface area contributed by atoms with E-state index in [1.807, 2.05) is 12.1 Å². The summed E-state index contributed by atoms with van der Waals surface area (Å²) in [6.07, 6.45) is 4.41. The molecule has 1 aliphatic heterocycles. The second-order valence-corrected chi connectivity index (χ2v) is 7.71. The van der Waals surface area contributed by atoms with E-state index in [9.17, 15) is 5.26 Å². The summed E-state index contributed by atoms with van der Waals surface area (Å²) in [5, 5.41) is 9.71. The van der Waals surface area contributed by atoms with Crippen LogP contribution >= 0.6 is 24.0 Å². The summed E-state index contributed by atoms with van der Waals surface area (Å²) in [6, 6.07) is 15.1. The molecule has 5 heteroatoms. The van der Waals surface area contributed by atoms with Crippen LogP contribution in [0.15, 0.2) is 36.4 Å². The van der Waals surface area contributed by atoms with Gasteiger partial charge in [-0.2, -0.15) is 5.26 Å². The van der Waals surface area contributed by atoms with E-state index in [0.717, 1.165) is 42.9 Å². The number of hydrogen-bond acceptors (Lipinski definition) is 4. The normalized spacial score (nSPS) is 20.1. The van der Waals surface area contributed by atoms with Gasteiger partial charge >= 0.3 is 0 Å². The predicted molar refractivity (Wildman–Crippen MR) is 121 cm³/mol. The van der Waals surface area contributed by atoms with Gasteiger partial charge in [0.2, 0.25) is 0 Å². The van der Waals surface area contributed by atoms with Crippen molar-refractivity contribution >= 4 is 24.0 Å². The Kier molecular flexibility index (Phi) is 6.21. The number of fused-ring (bicyclic) bond motifs is 1. The van der Waals surface area contributed by atoms with Crippen LogP contribution in [-0.4, -0.2) is 32.7 Å². The predicted octanol–water partition coefficient (Wildman–Crippen LogP) is 4.84. The van der Waals surface area contributed by atoms with E-state index < -0.39 is 0 Å². The quantitative estimate of drug-likeness (QED) is 0.576. The number of nitrogens with zero attached hydrogens (tertiary/aromatic N) is 2. The zero-order valence-electron chi connectivity index (χ0n) is 16.7. The summed E-state index contributed by atoms with van der Waals surface area (Å²) in [4.78, 5) is 2.46. The summed E-state index contributed by atoms with van der Waals surface area (Å²) in [7, 11) is 5.59. The number of hydrogen-bond donors (Lipinski definition) is 0. The summed E-state index contributed by atoms with van der Waals surface area (Å²) in [5.41, 5.74) is 4.62. The van der Waals surface area contributed by atoms with Crippen molar-refractivity contribution in [3.05, 3.63) is 58.7 Å². The molecule has 1 aliphatic carbocycles. The first kappa shape index (κ1) is 20.9. The molecule has 0 aromatic heterocycles. The van der Waals surface area contributed by atoms with Gasteiger partial charge in [-0.3, -0.25) is 4.90 Å². The minimum atomic E-state index is -0.0180. The summed E-state index contributed by atoms with van der Waals surface area (Å²) >= 11 is 0. The molecule has 1 heterocycles. The van der Waals surface area contributed by atoms with E-state index in [-0.39, 0.29) is 35.4 Å². The average molecular weight is 490 g/mol. The van der Waals surface area contributed by atoms with Crippen LogP contribution < -0.4 is 9.47 Å². The van der Waals surface area contributed by atoms with Crippen LogP contribution in [0.25, 0.3) is 0 Å². The maximum atomic E-state index is 9.71. The molecule has 0 radical (unpaired) electrons. The third kappa shape index (κ3) is 3.17. The van der Waals surface area contributed by atoms with E-state index in [0.29, 0.717) is 0 Å². The van der Waals surface area contributed by atoms with E-state index in [1.165, 1.54) is 23.1 Å². The van der Waals surface area contributed by atoms with Crippen LogP contribution in [0.4, 0.5) is 0 Å². The van der Waals surface area contributed by atoms with E-state index in [4.69, 9.17) is 9.47 Å². The Hall–Kier alpha value is -1.78. The fourth-order valence-corrected chi connectivity index (χ4v) is 5.05. The molecule has 4 nitrogen and oxygen atoms in total. The molecule has 0 N–H and O–H groups in total. The Morgan fingerprint density at radius 1 is 1.11 bits per heavy atom.